The van der Waals surface area contributed by atoms with Crippen LogP contribution in [-0.2, 0) is 4.65 Å². The summed E-state index contributed by atoms with van der Waals surface area (Å²) in [5.41, 5.74) is -2.80. The fourth-order valence-corrected chi connectivity index (χ4v) is 1.35. The van der Waals surface area contributed by atoms with Crippen LogP contribution in [0.4, 0.5) is 4.39 Å². The van der Waals surface area contributed by atoms with Crippen LogP contribution in [0.15, 0.2) is 18.2 Å². The van der Waals surface area contributed by atoms with E-state index in [0.717, 1.165) is 12.1 Å². The number of hydrogen-bond donors (Lipinski definition) is 3. The van der Waals surface area contributed by atoms with Crippen molar-refractivity contribution >= 4 is 18.6 Å². The van der Waals surface area contributed by atoms with Crippen LogP contribution in [-0.4, -0.2) is 39.5 Å². The molecule has 0 fully saturated rings. The van der Waals surface area contributed by atoms with Crippen LogP contribution in [0.5, 0.6) is 0 Å². The second-order valence-electron chi connectivity index (χ2n) is 5.58. The van der Waals surface area contributed by atoms with Gasteiger partial charge in [-0.05, 0) is 39.8 Å². The predicted molar refractivity (Wildman–Crippen MR) is 72.4 cm³/mol. The molecule has 0 heterocycles. The van der Waals surface area contributed by atoms with E-state index in [4.69, 9.17) is 9.76 Å². The molecular weight excluding hydrogens is 266 g/mol. The molecule has 0 amide bonds. The number of halogens is 1. The summed E-state index contributed by atoms with van der Waals surface area (Å²) in [6, 6.07) is 3.12. The van der Waals surface area contributed by atoms with Gasteiger partial charge in [0.15, 0.2) is 0 Å². The third-order valence-corrected chi connectivity index (χ3v) is 3.39. The quantitative estimate of drug-likeness (QED) is 0.695. The van der Waals surface area contributed by atoms with E-state index < -0.39 is 30.1 Å². The molecule has 5 nitrogen and oxygen atoms in total. The van der Waals surface area contributed by atoms with Gasteiger partial charge in [-0.2, -0.15) is 0 Å². The van der Waals surface area contributed by atoms with Gasteiger partial charge in [0.05, 0.1) is 16.8 Å². The van der Waals surface area contributed by atoms with Crippen LogP contribution in [0.2, 0.25) is 0 Å². The third-order valence-electron chi connectivity index (χ3n) is 3.39. The molecule has 1 aromatic rings. The molecule has 7 heteroatoms. The molecule has 3 N–H and O–H groups in total. The SMILES string of the molecule is CC(C)(O)C(C)(C)OB(O)c1ccc(C(=O)O)cc1F. The summed E-state index contributed by atoms with van der Waals surface area (Å²) >= 11 is 0. The van der Waals surface area contributed by atoms with Crippen molar-refractivity contribution < 1.29 is 29.1 Å². The van der Waals surface area contributed by atoms with Crippen molar-refractivity contribution in [3.63, 3.8) is 0 Å². The predicted octanol–water partition coefficient (Wildman–Crippen LogP) is 0.777. The number of aliphatic hydroxyl groups is 1. The molecule has 0 aliphatic carbocycles. The Hall–Kier alpha value is -1.44. The Balaban J connectivity index is 2.99. The highest BCUT2D eigenvalue weighted by Gasteiger charge is 2.40. The summed E-state index contributed by atoms with van der Waals surface area (Å²) in [7, 11) is -1.61. The minimum atomic E-state index is -1.61. The summed E-state index contributed by atoms with van der Waals surface area (Å²) in [5, 5.41) is 28.6. The maximum Gasteiger partial charge on any atom is 0.494 e. The first-order valence-corrected chi connectivity index (χ1v) is 6.07. The number of aromatic carboxylic acids is 1. The van der Waals surface area contributed by atoms with E-state index in [9.17, 15) is 19.3 Å². The second-order valence-corrected chi connectivity index (χ2v) is 5.58. The first kappa shape index (κ1) is 16.6. The molecule has 0 radical (unpaired) electrons. The molecule has 0 unspecified atom stereocenters. The molecule has 1 rings (SSSR count). The minimum absolute atomic E-state index is 0.188. The zero-order chi connectivity index (χ0) is 15.7. The summed E-state index contributed by atoms with van der Waals surface area (Å²) in [4.78, 5) is 10.7. The van der Waals surface area contributed by atoms with E-state index in [2.05, 4.69) is 0 Å². The number of carboxylic acid groups (broad SMARTS) is 1. The lowest BCUT2D eigenvalue weighted by atomic mass is 9.76. The van der Waals surface area contributed by atoms with E-state index in [1.165, 1.54) is 19.9 Å². The fraction of sp³-hybridized carbons (Fsp3) is 0.462. The Kier molecular flexibility index (Phi) is 4.58. The topological polar surface area (TPSA) is 87.0 Å². The van der Waals surface area contributed by atoms with Crippen LogP contribution < -0.4 is 5.46 Å². The second kappa shape index (κ2) is 5.51. The van der Waals surface area contributed by atoms with Gasteiger partial charge in [0.1, 0.15) is 5.82 Å². The van der Waals surface area contributed by atoms with E-state index >= 15 is 0 Å². The Morgan fingerprint density at radius 2 is 1.85 bits per heavy atom. The normalized spacial score (nSPS) is 12.3. The molecule has 110 valence electrons. The van der Waals surface area contributed by atoms with Crippen LogP contribution >= 0.6 is 0 Å². The molecule has 0 saturated carbocycles. The van der Waals surface area contributed by atoms with Crippen molar-refractivity contribution in [3.05, 3.63) is 29.6 Å². The maximum absolute atomic E-state index is 13.8. The maximum atomic E-state index is 13.8. The van der Waals surface area contributed by atoms with Crippen LogP contribution in [0, 0.1) is 5.82 Å². The first-order valence-electron chi connectivity index (χ1n) is 6.07. The molecule has 0 spiro atoms. The monoisotopic (exact) mass is 284 g/mol. The zero-order valence-electron chi connectivity index (χ0n) is 11.8. The lowest BCUT2D eigenvalue weighted by Gasteiger charge is -2.38. The van der Waals surface area contributed by atoms with Crippen LogP contribution in [0.1, 0.15) is 38.1 Å². The van der Waals surface area contributed by atoms with E-state index in [-0.39, 0.29) is 11.0 Å². The standard InChI is InChI=1S/C13H18BFO5/c1-12(2,18)13(3,4)20-14(19)9-6-5-8(11(16)17)7-10(9)15/h5-7,18-19H,1-4H3,(H,16,17). The summed E-state index contributed by atoms with van der Waals surface area (Å²) in [5.74, 6) is -2.15. The Bertz CT molecular complexity index is 510. The molecule has 0 aliphatic rings. The Labute approximate surface area is 117 Å². The van der Waals surface area contributed by atoms with Crippen molar-refractivity contribution in [2.75, 3.05) is 0 Å². The van der Waals surface area contributed by atoms with Crippen molar-refractivity contribution in [2.45, 2.75) is 38.9 Å². The molecule has 0 bridgehead atoms. The van der Waals surface area contributed by atoms with Crippen molar-refractivity contribution in [1.82, 2.24) is 0 Å². The highest BCUT2D eigenvalue weighted by atomic mass is 19.1. The number of rotatable bonds is 5. The number of hydrogen-bond acceptors (Lipinski definition) is 4. The average molecular weight is 284 g/mol. The van der Waals surface area contributed by atoms with Gasteiger partial charge in [-0.3, -0.25) is 0 Å². The molecule has 0 saturated heterocycles. The highest BCUT2D eigenvalue weighted by molar-refractivity contribution is 6.60. The lowest BCUT2D eigenvalue weighted by Crippen LogP contribution is -2.53. The molecule has 1 aromatic carbocycles. The van der Waals surface area contributed by atoms with Crippen molar-refractivity contribution in [3.8, 4) is 0 Å². The Morgan fingerprint density at radius 3 is 2.25 bits per heavy atom. The summed E-state index contributed by atoms with van der Waals surface area (Å²) in [6.07, 6.45) is 0. The number of carboxylic acids is 1. The fourth-order valence-electron chi connectivity index (χ4n) is 1.35. The average Bonchev–Trinajstić information content (AvgIpc) is 2.26. The van der Waals surface area contributed by atoms with Crippen LogP contribution in [0.25, 0.3) is 0 Å². The van der Waals surface area contributed by atoms with Gasteiger partial charge in [0.25, 0.3) is 0 Å². The van der Waals surface area contributed by atoms with E-state index in [1.807, 2.05) is 0 Å². The Morgan fingerprint density at radius 1 is 1.30 bits per heavy atom. The smallest absolute Gasteiger partial charge is 0.478 e. The molecule has 20 heavy (non-hydrogen) atoms. The van der Waals surface area contributed by atoms with Gasteiger partial charge in [-0.25, -0.2) is 9.18 Å². The van der Waals surface area contributed by atoms with Gasteiger partial charge < -0.3 is 19.9 Å². The zero-order valence-corrected chi connectivity index (χ0v) is 11.8. The summed E-state index contributed by atoms with van der Waals surface area (Å²) < 4.78 is 19.1. The number of carbonyl (C=O) groups is 1. The van der Waals surface area contributed by atoms with Gasteiger partial charge in [0.2, 0.25) is 0 Å². The third kappa shape index (κ3) is 3.56. The van der Waals surface area contributed by atoms with Crippen molar-refractivity contribution in [1.29, 1.82) is 0 Å². The summed E-state index contributed by atoms with van der Waals surface area (Å²) in [6.45, 7) is 6.12. The van der Waals surface area contributed by atoms with Gasteiger partial charge in [-0.1, -0.05) is 6.07 Å². The van der Waals surface area contributed by atoms with Crippen LogP contribution in [0.3, 0.4) is 0 Å². The number of benzene rings is 1. The molecule has 0 aromatic heterocycles. The van der Waals surface area contributed by atoms with Gasteiger partial charge in [-0.15, -0.1) is 0 Å². The lowest BCUT2D eigenvalue weighted by molar-refractivity contribution is -0.0983. The molecular formula is C13H18BFO5. The highest BCUT2D eigenvalue weighted by Crippen LogP contribution is 2.25. The van der Waals surface area contributed by atoms with E-state index in [0.29, 0.717) is 0 Å². The van der Waals surface area contributed by atoms with Gasteiger partial charge in [0, 0.05) is 5.46 Å². The van der Waals surface area contributed by atoms with E-state index in [1.54, 1.807) is 13.8 Å². The first-order chi connectivity index (χ1) is 8.95. The van der Waals surface area contributed by atoms with Gasteiger partial charge >= 0.3 is 13.1 Å². The minimum Gasteiger partial charge on any atom is -0.478 e. The van der Waals surface area contributed by atoms with Crippen molar-refractivity contribution in [2.24, 2.45) is 0 Å². The molecule has 0 aliphatic heterocycles. The largest absolute Gasteiger partial charge is 0.494 e. The molecule has 0 atom stereocenters.